The number of carbonyl (C=O) groups is 2. The first-order chi connectivity index (χ1) is 9.74. The van der Waals surface area contributed by atoms with E-state index in [0.717, 1.165) is 11.8 Å². The molecule has 1 aliphatic heterocycles. The summed E-state index contributed by atoms with van der Waals surface area (Å²) in [6, 6.07) is 4.64. The van der Waals surface area contributed by atoms with Gasteiger partial charge in [0.25, 0.3) is 0 Å². The number of anilines is 1. The zero-order valence-corrected chi connectivity index (χ0v) is 12.9. The van der Waals surface area contributed by atoms with Gasteiger partial charge in [-0.1, -0.05) is 6.07 Å². The minimum absolute atomic E-state index is 0.0786. The van der Waals surface area contributed by atoms with Crippen LogP contribution < -0.4 is 4.90 Å². The molecule has 1 unspecified atom stereocenters. The monoisotopic (exact) mass is 311 g/mol. The molecule has 0 bridgehead atoms. The number of ether oxygens (including phenoxy) is 1. The molecule has 1 aliphatic rings. The van der Waals surface area contributed by atoms with Crippen molar-refractivity contribution in [2.45, 2.75) is 18.2 Å². The van der Waals surface area contributed by atoms with Crippen molar-refractivity contribution in [3.05, 3.63) is 23.8 Å². The number of nitrogens with zero attached hydrogens (tertiary/aromatic N) is 1. The molecule has 1 fully saturated rings. The number of esters is 1. The van der Waals surface area contributed by atoms with E-state index in [2.05, 4.69) is 4.74 Å². The first-order valence-corrected chi connectivity index (χ1v) is 8.32. The lowest BCUT2D eigenvalue weighted by atomic mass is 10.1. The van der Waals surface area contributed by atoms with E-state index in [1.165, 1.54) is 24.1 Å². The third-order valence-corrected chi connectivity index (χ3v) is 4.67. The number of amides is 1. The molecule has 1 saturated heterocycles. The number of rotatable bonds is 3. The van der Waals surface area contributed by atoms with Crippen LogP contribution in [0.4, 0.5) is 5.69 Å². The Morgan fingerprint density at radius 2 is 2.05 bits per heavy atom. The van der Waals surface area contributed by atoms with Gasteiger partial charge in [-0.25, -0.2) is 8.42 Å². The van der Waals surface area contributed by atoms with Gasteiger partial charge in [0, 0.05) is 24.9 Å². The van der Waals surface area contributed by atoms with Gasteiger partial charge >= 0.3 is 5.97 Å². The maximum atomic E-state index is 12.1. The largest absolute Gasteiger partial charge is 0.469 e. The van der Waals surface area contributed by atoms with Gasteiger partial charge in [0.05, 0.1) is 17.9 Å². The van der Waals surface area contributed by atoms with Gasteiger partial charge in [-0.3, -0.25) is 9.59 Å². The van der Waals surface area contributed by atoms with E-state index in [-0.39, 0.29) is 23.8 Å². The molecule has 0 radical (unpaired) electrons. The predicted octanol–water partition coefficient (Wildman–Crippen LogP) is 0.924. The fourth-order valence-corrected chi connectivity index (χ4v) is 3.02. The Morgan fingerprint density at radius 1 is 1.38 bits per heavy atom. The topological polar surface area (TPSA) is 80.8 Å². The summed E-state index contributed by atoms with van der Waals surface area (Å²) < 4.78 is 27.9. The average Bonchev–Trinajstić information content (AvgIpc) is 2.79. The van der Waals surface area contributed by atoms with Crippen molar-refractivity contribution in [3.8, 4) is 0 Å². The molecule has 1 aromatic rings. The Balaban J connectivity index is 2.38. The van der Waals surface area contributed by atoms with E-state index < -0.39 is 21.7 Å². The molecule has 0 saturated carbocycles. The van der Waals surface area contributed by atoms with Crippen LogP contribution in [0.1, 0.15) is 12.0 Å². The zero-order valence-electron chi connectivity index (χ0n) is 12.1. The van der Waals surface area contributed by atoms with Crippen molar-refractivity contribution in [2.75, 3.05) is 24.8 Å². The molecular formula is C14H17NO5S. The van der Waals surface area contributed by atoms with Gasteiger partial charge in [-0.05, 0) is 24.6 Å². The third kappa shape index (κ3) is 3.07. The summed E-state index contributed by atoms with van der Waals surface area (Å²) in [5, 5.41) is 0. The minimum Gasteiger partial charge on any atom is -0.469 e. The van der Waals surface area contributed by atoms with E-state index in [9.17, 15) is 18.0 Å². The standard InChI is InChI=1S/C14H17NO5S/c1-9-4-5-11(21(3,18)19)7-12(9)15-8-10(6-13(15)16)14(17)20-2/h4-5,7,10H,6,8H2,1-3H3. The second-order valence-corrected chi connectivity index (χ2v) is 7.16. The number of hydrogen-bond acceptors (Lipinski definition) is 5. The molecule has 21 heavy (non-hydrogen) atoms. The molecule has 1 heterocycles. The lowest BCUT2D eigenvalue weighted by Gasteiger charge is -2.19. The molecule has 0 aliphatic carbocycles. The van der Waals surface area contributed by atoms with E-state index in [1.807, 2.05) is 0 Å². The Labute approximate surface area is 123 Å². The average molecular weight is 311 g/mol. The number of carbonyl (C=O) groups excluding carboxylic acids is 2. The van der Waals surface area contributed by atoms with Gasteiger partial charge in [0.15, 0.2) is 9.84 Å². The van der Waals surface area contributed by atoms with E-state index >= 15 is 0 Å². The molecule has 0 N–H and O–H groups in total. The molecule has 1 aromatic carbocycles. The van der Waals surface area contributed by atoms with Crippen LogP contribution in [0, 0.1) is 12.8 Å². The summed E-state index contributed by atoms with van der Waals surface area (Å²) in [5.74, 6) is -1.15. The quantitative estimate of drug-likeness (QED) is 0.776. The summed E-state index contributed by atoms with van der Waals surface area (Å²) in [6.45, 7) is 2.00. The van der Waals surface area contributed by atoms with Gasteiger partial charge in [0.2, 0.25) is 5.91 Å². The van der Waals surface area contributed by atoms with Gasteiger partial charge < -0.3 is 9.64 Å². The predicted molar refractivity (Wildman–Crippen MR) is 76.8 cm³/mol. The first kappa shape index (κ1) is 15.5. The molecule has 1 atom stereocenters. The van der Waals surface area contributed by atoms with Crippen molar-refractivity contribution in [1.82, 2.24) is 0 Å². The van der Waals surface area contributed by atoms with Crippen LogP contribution in [-0.2, 0) is 24.2 Å². The molecule has 0 spiro atoms. The molecule has 7 heteroatoms. The van der Waals surface area contributed by atoms with Crippen molar-refractivity contribution in [2.24, 2.45) is 5.92 Å². The lowest BCUT2D eigenvalue weighted by molar-refractivity contribution is -0.145. The third-order valence-electron chi connectivity index (χ3n) is 3.56. The smallest absolute Gasteiger partial charge is 0.311 e. The van der Waals surface area contributed by atoms with Crippen molar-refractivity contribution < 1.29 is 22.7 Å². The van der Waals surface area contributed by atoms with E-state index in [4.69, 9.17) is 0 Å². The fraction of sp³-hybridized carbons (Fsp3) is 0.429. The molecule has 2 rings (SSSR count). The fourth-order valence-electron chi connectivity index (χ4n) is 2.38. The Bertz CT molecular complexity index is 695. The summed E-state index contributed by atoms with van der Waals surface area (Å²) in [7, 11) is -2.07. The second kappa shape index (κ2) is 5.48. The van der Waals surface area contributed by atoms with Gasteiger partial charge in [-0.2, -0.15) is 0 Å². The zero-order chi connectivity index (χ0) is 15.8. The summed E-state index contributed by atoms with van der Waals surface area (Å²) in [4.78, 5) is 25.2. The van der Waals surface area contributed by atoms with Crippen LogP contribution in [0.2, 0.25) is 0 Å². The van der Waals surface area contributed by atoms with Crippen molar-refractivity contribution >= 4 is 27.4 Å². The highest BCUT2D eigenvalue weighted by Gasteiger charge is 2.36. The molecule has 114 valence electrons. The maximum absolute atomic E-state index is 12.1. The minimum atomic E-state index is -3.35. The molecule has 0 aromatic heterocycles. The second-order valence-electron chi connectivity index (χ2n) is 5.15. The molecule has 1 amide bonds. The maximum Gasteiger partial charge on any atom is 0.311 e. The van der Waals surface area contributed by atoms with Crippen LogP contribution in [0.3, 0.4) is 0 Å². The van der Waals surface area contributed by atoms with Crippen LogP contribution in [0.5, 0.6) is 0 Å². The molecular weight excluding hydrogens is 294 g/mol. The van der Waals surface area contributed by atoms with Crippen LogP contribution in [0.25, 0.3) is 0 Å². The number of benzene rings is 1. The Hall–Kier alpha value is -1.89. The SMILES string of the molecule is COC(=O)C1CC(=O)N(c2cc(S(C)(=O)=O)ccc2C)C1. The lowest BCUT2D eigenvalue weighted by Crippen LogP contribution is -2.27. The normalized spacial score (nSPS) is 18.9. The highest BCUT2D eigenvalue weighted by molar-refractivity contribution is 7.90. The Kier molecular flexibility index (Phi) is 4.04. The molecule has 6 nitrogen and oxygen atoms in total. The van der Waals surface area contributed by atoms with Gasteiger partial charge in [0.1, 0.15) is 0 Å². The van der Waals surface area contributed by atoms with E-state index in [1.54, 1.807) is 13.0 Å². The number of aryl methyl sites for hydroxylation is 1. The first-order valence-electron chi connectivity index (χ1n) is 6.43. The van der Waals surface area contributed by atoms with Crippen LogP contribution in [0.15, 0.2) is 23.1 Å². The summed E-state index contributed by atoms with van der Waals surface area (Å²) in [6.07, 6.45) is 1.19. The van der Waals surface area contributed by atoms with Crippen molar-refractivity contribution in [1.29, 1.82) is 0 Å². The van der Waals surface area contributed by atoms with E-state index in [0.29, 0.717) is 5.69 Å². The highest BCUT2D eigenvalue weighted by Crippen LogP contribution is 2.30. The number of sulfone groups is 1. The van der Waals surface area contributed by atoms with Crippen molar-refractivity contribution in [3.63, 3.8) is 0 Å². The summed E-state index contributed by atoms with van der Waals surface area (Å²) >= 11 is 0. The number of methoxy groups -OCH3 is 1. The van der Waals surface area contributed by atoms with Crippen LogP contribution in [-0.4, -0.2) is 40.2 Å². The number of hydrogen-bond donors (Lipinski definition) is 0. The highest BCUT2D eigenvalue weighted by atomic mass is 32.2. The van der Waals surface area contributed by atoms with Gasteiger partial charge in [-0.15, -0.1) is 0 Å². The summed E-state index contributed by atoms with van der Waals surface area (Å²) in [5.41, 5.74) is 1.30. The Morgan fingerprint density at radius 3 is 2.62 bits per heavy atom. The van der Waals surface area contributed by atoms with Crippen LogP contribution >= 0.6 is 0 Å².